The summed E-state index contributed by atoms with van der Waals surface area (Å²) >= 11 is 0. The standard InChI is InChI=1S/C57H85N13O16/c1-7-13-38(57(86)70-21-12-16-44(70)55(84)69-48(32(5)8-2)56(85)62-36(28-71)25-45(59)75)64-50(79)39(22-31(3)4)66-51(80)41(24-35-17-19-37(74)20-18-35)67-54(83)43(30-73)68-52(81)40(23-34-14-10-9-11-15-34)65-49(78)33(6)61-53(82)42(29-72)63-47(77)27-60-46(76)26-58/h9-11,14-15,17-20,28,31-33,36,38-44,48,72-74H,7-8,12-13,16,21-27,29-30,58H2,1-6H3,(H2,59,75)(H,60,76)(H,61,82)(H,62,85)(H,63,77)(H,64,79)(H,65,78)(H,66,80)(H,67,83)(H,68,81)(H,69,84)/t32-,33-,36+,38-,39-,40-,41-,42+,43+,44-,48-/m0/s1. The number of rotatable bonds is 36. The zero-order valence-corrected chi connectivity index (χ0v) is 49.4. The Bertz CT molecular complexity index is 2660. The van der Waals surface area contributed by atoms with Gasteiger partial charge >= 0.3 is 0 Å². The van der Waals surface area contributed by atoms with Crippen LogP contribution in [0.1, 0.15) is 97.6 Å². The second-order valence-corrected chi connectivity index (χ2v) is 21.5. The summed E-state index contributed by atoms with van der Waals surface area (Å²) < 4.78 is 0. The van der Waals surface area contributed by atoms with E-state index in [1.165, 1.54) is 36.1 Å². The van der Waals surface area contributed by atoms with Gasteiger partial charge in [0.05, 0.1) is 38.8 Å². The highest BCUT2D eigenvalue weighted by Gasteiger charge is 2.41. The molecule has 1 fully saturated rings. The summed E-state index contributed by atoms with van der Waals surface area (Å²) in [5.41, 5.74) is 11.4. The quantitative estimate of drug-likeness (QED) is 0.0286. The highest BCUT2D eigenvalue weighted by molar-refractivity contribution is 5.99. The third-order valence-corrected chi connectivity index (χ3v) is 14.0. The van der Waals surface area contributed by atoms with Crippen molar-refractivity contribution in [2.75, 3.05) is 32.8 Å². The third-order valence-electron chi connectivity index (χ3n) is 14.0. The molecule has 1 saturated heterocycles. The van der Waals surface area contributed by atoms with Gasteiger partial charge < -0.3 is 89.6 Å². The van der Waals surface area contributed by atoms with Crippen LogP contribution in [-0.2, 0) is 75.2 Å². The molecule has 0 radical (unpaired) electrons. The smallest absolute Gasteiger partial charge is 0.245 e. The molecule has 0 unspecified atom stereocenters. The van der Waals surface area contributed by atoms with Crippen LogP contribution >= 0.6 is 0 Å². The van der Waals surface area contributed by atoms with Gasteiger partial charge in [0.1, 0.15) is 66.4 Å². The number of amides is 12. The molecule has 2 aromatic rings. The van der Waals surface area contributed by atoms with Crippen LogP contribution in [-0.4, -0.2) is 191 Å². The lowest BCUT2D eigenvalue weighted by Gasteiger charge is -2.32. The first-order chi connectivity index (χ1) is 40.8. The van der Waals surface area contributed by atoms with Crippen LogP contribution in [0.4, 0.5) is 0 Å². The molecule has 1 aliphatic heterocycles. The molecular formula is C57H85N13O16. The maximum Gasteiger partial charge on any atom is 0.245 e. The van der Waals surface area contributed by atoms with E-state index in [1.807, 2.05) is 0 Å². The van der Waals surface area contributed by atoms with Gasteiger partial charge in [0.15, 0.2) is 0 Å². The Kier molecular flexibility index (Phi) is 30.3. The van der Waals surface area contributed by atoms with E-state index in [-0.39, 0.29) is 50.3 Å². The first-order valence-electron chi connectivity index (χ1n) is 28.6. The number of carbonyl (C=O) groups excluding carboxylic acids is 13. The lowest BCUT2D eigenvalue weighted by Crippen LogP contribution is -2.61. The molecule has 29 heteroatoms. The van der Waals surface area contributed by atoms with Gasteiger partial charge in [0, 0.05) is 19.4 Å². The molecule has 0 saturated carbocycles. The molecule has 29 nitrogen and oxygen atoms in total. The van der Waals surface area contributed by atoms with Gasteiger partial charge in [0.25, 0.3) is 0 Å². The first kappa shape index (κ1) is 71.7. The van der Waals surface area contributed by atoms with Crippen LogP contribution in [0.5, 0.6) is 5.75 Å². The van der Waals surface area contributed by atoms with E-state index in [0.717, 1.165) is 0 Å². The fourth-order valence-electron chi connectivity index (χ4n) is 9.11. The van der Waals surface area contributed by atoms with Crippen LogP contribution in [0.3, 0.4) is 0 Å². The fraction of sp³-hybridized carbons (Fsp3) is 0.561. The predicted octanol–water partition coefficient (Wildman–Crippen LogP) is -4.42. The number of aromatic hydroxyl groups is 1. The average molecular weight is 1210 g/mol. The van der Waals surface area contributed by atoms with E-state index in [9.17, 15) is 77.6 Å². The Morgan fingerprint density at radius 3 is 1.70 bits per heavy atom. The molecule has 86 heavy (non-hydrogen) atoms. The van der Waals surface area contributed by atoms with E-state index in [1.54, 1.807) is 65.0 Å². The van der Waals surface area contributed by atoms with Crippen molar-refractivity contribution in [3.63, 3.8) is 0 Å². The molecule has 2 aromatic carbocycles. The van der Waals surface area contributed by atoms with E-state index >= 15 is 0 Å². The zero-order valence-electron chi connectivity index (χ0n) is 49.4. The topological polar surface area (TPSA) is 458 Å². The Morgan fingerprint density at radius 1 is 0.628 bits per heavy atom. The van der Waals surface area contributed by atoms with Gasteiger partial charge in [-0.3, -0.25) is 57.5 Å². The lowest BCUT2D eigenvalue weighted by atomic mass is 9.97. The number of aliphatic hydroxyl groups is 2. The predicted molar refractivity (Wildman–Crippen MR) is 310 cm³/mol. The molecule has 0 aromatic heterocycles. The molecule has 1 aliphatic rings. The summed E-state index contributed by atoms with van der Waals surface area (Å²) in [6, 6.07) is 0.173. The Balaban J connectivity index is 1.86. The molecule has 0 aliphatic carbocycles. The number of nitrogens with one attached hydrogen (secondary N) is 10. The van der Waals surface area contributed by atoms with Gasteiger partial charge in [-0.1, -0.05) is 89.9 Å². The van der Waals surface area contributed by atoms with Gasteiger partial charge in [-0.15, -0.1) is 0 Å². The number of benzene rings is 2. The van der Waals surface area contributed by atoms with Crippen LogP contribution in [0, 0.1) is 11.8 Å². The lowest BCUT2D eigenvalue weighted by molar-refractivity contribution is -0.143. The van der Waals surface area contributed by atoms with Gasteiger partial charge in [-0.2, -0.15) is 0 Å². The second-order valence-electron chi connectivity index (χ2n) is 21.5. The Morgan fingerprint density at radius 2 is 1.15 bits per heavy atom. The summed E-state index contributed by atoms with van der Waals surface area (Å²) in [7, 11) is 0. The van der Waals surface area contributed by atoms with Crippen molar-refractivity contribution in [1.29, 1.82) is 0 Å². The number of aliphatic hydroxyl groups excluding tert-OH is 2. The molecule has 11 atom stereocenters. The molecule has 3 rings (SSSR count). The molecule has 1 heterocycles. The zero-order chi connectivity index (χ0) is 64.2. The number of nitrogens with two attached hydrogens (primary N) is 2. The van der Waals surface area contributed by atoms with E-state index in [4.69, 9.17) is 11.5 Å². The number of hydrogen-bond acceptors (Lipinski definition) is 17. The largest absolute Gasteiger partial charge is 0.508 e. The summed E-state index contributed by atoms with van der Waals surface area (Å²) in [5.74, 6) is -10.9. The molecular weight excluding hydrogens is 1120 g/mol. The maximum absolute atomic E-state index is 14.5. The highest BCUT2D eigenvalue weighted by Crippen LogP contribution is 2.22. The third kappa shape index (κ3) is 23.5. The summed E-state index contributed by atoms with van der Waals surface area (Å²) in [6.45, 7) is 7.27. The number of likely N-dealkylation sites (tertiary alicyclic amines) is 1. The average Bonchev–Trinajstić information content (AvgIpc) is 4.09. The van der Waals surface area contributed by atoms with E-state index in [2.05, 4.69) is 53.2 Å². The normalized spacial score (nSPS) is 16.3. The first-order valence-corrected chi connectivity index (χ1v) is 28.6. The number of nitrogens with zero attached hydrogens (tertiary/aromatic N) is 1. The van der Waals surface area contributed by atoms with Crippen molar-refractivity contribution in [3.05, 3.63) is 65.7 Å². The number of carbonyl (C=O) groups is 13. The monoisotopic (exact) mass is 1210 g/mol. The van der Waals surface area contributed by atoms with Gasteiger partial charge in [-0.25, -0.2) is 0 Å². The van der Waals surface area contributed by atoms with Gasteiger partial charge in [-0.05, 0) is 67.7 Å². The van der Waals surface area contributed by atoms with Crippen molar-refractivity contribution >= 4 is 77.2 Å². The highest BCUT2D eigenvalue weighted by atomic mass is 16.3. The second kappa shape index (κ2) is 36.3. The summed E-state index contributed by atoms with van der Waals surface area (Å²) in [5, 5.41) is 55.3. The van der Waals surface area contributed by atoms with Crippen LogP contribution < -0.4 is 64.6 Å². The van der Waals surface area contributed by atoms with Crippen LogP contribution in [0.25, 0.3) is 0 Å². The van der Waals surface area contributed by atoms with Crippen molar-refractivity contribution in [2.24, 2.45) is 23.3 Å². The van der Waals surface area contributed by atoms with E-state index < -0.39 is 170 Å². The molecule has 17 N–H and O–H groups in total. The van der Waals surface area contributed by atoms with Crippen LogP contribution in [0.2, 0.25) is 0 Å². The van der Waals surface area contributed by atoms with Crippen LogP contribution in [0.15, 0.2) is 54.6 Å². The number of hydrogen-bond donors (Lipinski definition) is 15. The van der Waals surface area contributed by atoms with Crippen molar-refractivity contribution < 1.29 is 77.6 Å². The van der Waals surface area contributed by atoms with E-state index in [0.29, 0.717) is 36.7 Å². The number of primary amides is 1. The minimum atomic E-state index is -1.78. The Labute approximate surface area is 498 Å². The molecule has 474 valence electrons. The minimum absolute atomic E-state index is 0.0178. The Hall–Kier alpha value is -8.57. The maximum atomic E-state index is 14.5. The molecule has 0 spiro atoms. The number of phenolic OH excluding ortho intramolecular Hbond substituents is 1. The fourth-order valence-corrected chi connectivity index (χ4v) is 9.11. The minimum Gasteiger partial charge on any atom is -0.508 e. The van der Waals surface area contributed by atoms with Crippen molar-refractivity contribution in [3.8, 4) is 5.75 Å². The SMILES string of the molecule is CCC[C@H](NC(=O)[C@H](CC(C)C)NC(=O)[C@H](Cc1ccc(O)cc1)NC(=O)[C@@H](CO)NC(=O)[C@H](Cc1ccccc1)NC(=O)[C@H](C)NC(=O)[C@@H](CO)NC(=O)CNC(=O)CN)C(=O)N1CCC[C@H]1C(=O)N[C@H](C(=O)N[C@@H](C=O)CC(N)=O)[C@@H](C)CC. The van der Waals surface area contributed by atoms with Crippen molar-refractivity contribution in [2.45, 2.75) is 160 Å². The van der Waals surface area contributed by atoms with Crippen molar-refractivity contribution in [1.82, 2.24) is 58.1 Å². The molecule has 12 amide bonds. The summed E-state index contributed by atoms with van der Waals surface area (Å²) in [4.78, 5) is 174. The number of phenols is 1. The van der Waals surface area contributed by atoms with Gasteiger partial charge in [0.2, 0.25) is 70.9 Å². The molecule has 0 bridgehead atoms. The summed E-state index contributed by atoms with van der Waals surface area (Å²) in [6.07, 6.45) is 0.994. The number of aldehydes is 1.